The second-order valence-corrected chi connectivity index (χ2v) is 14.1. The van der Waals surface area contributed by atoms with E-state index in [-0.39, 0.29) is 39.5 Å². The van der Waals surface area contributed by atoms with Crippen LogP contribution in [0.1, 0.15) is 19.5 Å². The maximum atomic E-state index is 13.2. The van der Waals surface area contributed by atoms with Gasteiger partial charge in [-0.25, -0.2) is 14.6 Å². The molecule has 5 rings (SSSR count). The number of carbonyl (C=O) groups excluding carboxylic acids is 2. The van der Waals surface area contributed by atoms with Gasteiger partial charge in [-0.2, -0.15) is 0 Å². The van der Waals surface area contributed by atoms with Crippen molar-refractivity contribution in [1.29, 1.82) is 0 Å². The molecule has 0 radical (unpaired) electrons. The highest BCUT2D eigenvalue weighted by Gasteiger charge is 2.54. The zero-order valence-corrected chi connectivity index (χ0v) is 26.4. The average Bonchev–Trinajstić information content (AvgIpc) is 3.64. The maximum Gasteiger partial charge on any atom is 0.352 e. The summed E-state index contributed by atoms with van der Waals surface area (Å²) in [6, 6.07) is 3.15. The lowest BCUT2D eigenvalue weighted by molar-refractivity contribution is -0.161. The first-order valence-electron chi connectivity index (χ1n) is 12.7. The monoisotopic (exact) mass is 693 g/mol. The topological polar surface area (TPSA) is 251 Å². The van der Waals surface area contributed by atoms with E-state index in [0.29, 0.717) is 20.5 Å². The molecule has 45 heavy (non-hydrogen) atoms. The summed E-state index contributed by atoms with van der Waals surface area (Å²) >= 11 is 4.70. The number of carbonyl (C=O) groups is 4. The van der Waals surface area contributed by atoms with Crippen LogP contribution in [-0.2, 0) is 24.0 Å². The van der Waals surface area contributed by atoms with E-state index in [0.717, 1.165) is 16.2 Å². The summed E-state index contributed by atoms with van der Waals surface area (Å²) in [5.74, 6) is -4.33. The van der Waals surface area contributed by atoms with Gasteiger partial charge in [0.15, 0.2) is 26.7 Å². The molecule has 0 bridgehead atoms. The third-order valence-electron chi connectivity index (χ3n) is 6.39. The number of hydrogen-bond acceptors (Lipinski definition) is 16. The van der Waals surface area contributed by atoms with E-state index in [9.17, 15) is 39.6 Å². The van der Waals surface area contributed by atoms with Gasteiger partial charge in [0.1, 0.15) is 27.8 Å². The van der Waals surface area contributed by atoms with Crippen molar-refractivity contribution in [2.24, 2.45) is 5.16 Å². The number of amides is 2. The Kier molecular flexibility index (Phi) is 8.92. The third-order valence-corrected chi connectivity index (χ3v) is 10.6. The van der Waals surface area contributed by atoms with Crippen molar-refractivity contribution in [2.45, 2.75) is 35.2 Å². The van der Waals surface area contributed by atoms with Crippen molar-refractivity contribution in [3.8, 4) is 22.1 Å². The number of nitrogens with two attached hydrogens (primary N) is 1. The highest BCUT2D eigenvalue weighted by molar-refractivity contribution is 8.01. The number of benzene rings is 1. The average molecular weight is 694 g/mol. The fourth-order valence-electron chi connectivity index (χ4n) is 3.99. The second-order valence-electron chi connectivity index (χ2n) is 9.90. The lowest BCUT2D eigenvalue weighted by Crippen LogP contribution is -2.71. The zero-order chi connectivity index (χ0) is 32.6. The van der Waals surface area contributed by atoms with Gasteiger partial charge < -0.3 is 36.3 Å². The van der Waals surface area contributed by atoms with Gasteiger partial charge in [-0.15, -0.1) is 33.3 Å². The Balaban J connectivity index is 1.29. The van der Waals surface area contributed by atoms with E-state index >= 15 is 0 Å². The van der Waals surface area contributed by atoms with E-state index in [1.165, 1.54) is 66.2 Å². The number of nitrogen functional groups attached to an aromatic ring is 1. The number of nitrogens with zero attached hydrogens (tertiary/aromatic N) is 5. The molecule has 4 heterocycles. The number of aliphatic carboxylic acids is 2. The number of β-lactam (4-membered cyclic amide) rings is 1. The quantitative estimate of drug-likeness (QED) is 0.0550. The molecule has 20 heteroatoms. The molecule has 1 aromatic carbocycles. The predicted molar refractivity (Wildman–Crippen MR) is 165 cm³/mol. The molecule has 1 fully saturated rings. The standard InChI is InChI=1S/C25H23N7O9S4/c1-25(2,22(39)40)41-31-14(11-8-43-23(26)27-11)17(35)28-15-19(36)32-16(21(37)38)10(6-42-20(15)32)7-44-24-30-29-18(45-24)9-3-4-12(33)13(34)5-9/h3-5,8,15,20,33-34H,6-7H2,1-2H3,(H2,26,27)(H,28,35)(H,37,38)(H,39,40)/b31-14-/t15-,20-/m1/s1. The number of nitrogens with one attached hydrogen (secondary N) is 1. The van der Waals surface area contributed by atoms with Gasteiger partial charge in [-0.1, -0.05) is 28.3 Å². The SMILES string of the molecule is CC(C)(O/N=C(\C(=O)N[C@@H]1C(=O)N2C(C(=O)O)=C(CSc3nnc(-c4ccc(O)c(O)c4)s3)CS[C@H]12)c1csc(N)n1)C(=O)O. The molecule has 16 nitrogen and oxygen atoms in total. The summed E-state index contributed by atoms with van der Waals surface area (Å²) in [5, 5.41) is 54.4. The van der Waals surface area contributed by atoms with Gasteiger partial charge in [-0.3, -0.25) is 14.5 Å². The molecule has 2 aliphatic heterocycles. The van der Waals surface area contributed by atoms with Crippen molar-refractivity contribution in [1.82, 2.24) is 25.4 Å². The van der Waals surface area contributed by atoms with Crippen LogP contribution in [0.15, 0.2) is 44.3 Å². The number of anilines is 1. The Labute approximate surface area is 270 Å². The van der Waals surface area contributed by atoms with Crippen LogP contribution in [0.3, 0.4) is 0 Å². The van der Waals surface area contributed by atoms with Gasteiger partial charge in [0.05, 0.1) is 0 Å². The van der Waals surface area contributed by atoms with E-state index < -0.39 is 46.5 Å². The number of thiazole rings is 1. The Bertz CT molecular complexity index is 1770. The van der Waals surface area contributed by atoms with Crippen molar-refractivity contribution in [3.63, 3.8) is 0 Å². The molecule has 2 atom stereocenters. The fraction of sp³-hybridized carbons (Fsp3) is 0.280. The van der Waals surface area contributed by atoms with Gasteiger partial charge >= 0.3 is 11.9 Å². The summed E-state index contributed by atoms with van der Waals surface area (Å²) in [7, 11) is 0. The largest absolute Gasteiger partial charge is 0.504 e. The molecule has 236 valence electrons. The minimum atomic E-state index is -1.78. The van der Waals surface area contributed by atoms with Crippen LogP contribution in [0, 0.1) is 0 Å². The van der Waals surface area contributed by atoms with E-state index in [4.69, 9.17) is 10.6 Å². The number of phenols is 2. The molecule has 0 saturated carbocycles. The van der Waals surface area contributed by atoms with E-state index in [1.54, 1.807) is 6.07 Å². The number of fused-ring (bicyclic) bond motifs is 1. The number of carboxylic acids is 2. The number of hydrogen-bond donors (Lipinski definition) is 6. The van der Waals surface area contributed by atoms with Crippen LogP contribution in [0.5, 0.6) is 11.5 Å². The van der Waals surface area contributed by atoms with E-state index in [2.05, 4.69) is 25.7 Å². The Hall–Kier alpha value is -4.40. The molecule has 3 aromatic rings. The van der Waals surface area contributed by atoms with Gasteiger partial charge in [0, 0.05) is 22.4 Å². The molecule has 7 N–H and O–H groups in total. The van der Waals surface area contributed by atoms with Gasteiger partial charge in [0.25, 0.3) is 11.8 Å². The molecule has 2 aromatic heterocycles. The summed E-state index contributed by atoms with van der Waals surface area (Å²) in [6.45, 7) is 2.47. The Morgan fingerprint density at radius 3 is 2.62 bits per heavy atom. The minimum Gasteiger partial charge on any atom is -0.504 e. The van der Waals surface area contributed by atoms with Crippen molar-refractivity contribution in [3.05, 3.63) is 40.5 Å². The zero-order valence-electron chi connectivity index (χ0n) is 23.2. The Morgan fingerprint density at radius 1 is 1.22 bits per heavy atom. The lowest BCUT2D eigenvalue weighted by Gasteiger charge is -2.49. The molecular formula is C25H23N7O9S4. The van der Waals surface area contributed by atoms with Crippen LogP contribution in [0.25, 0.3) is 10.6 Å². The number of phenolic OH excluding ortho intramolecular Hbond substituents is 2. The fourth-order valence-corrected chi connectivity index (χ4v) is 7.87. The number of aromatic nitrogens is 3. The molecule has 0 unspecified atom stereocenters. The number of thioether (sulfide) groups is 2. The van der Waals surface area contributed by atoms with E-state index in [1.807, 2.05) is 0 Å². The molecule has 0 aliphatic carbocycles. The number of rotatable bonds is 11. The van der Waals surface area contributed by atoms with Crippen molar-refractivity contribution < 1.29 is 44.4 Å². The Morgan fingerprint density at radius 2 is 1.98 bits per heavy atom. The summed E-state index contributed by atoms with van der Waals surface area (Å²) in [6.07, 6.45) is 0. The molecule has 1 saturated heterocycles. The normalized spacial score (nSPS) is 18.3. The first kappa shape index (κ1) is 32.0. The molecule has 0 spiro atoms. The van der Waals surface area contributed by atoms with Crippen LogP contribution in [0.2, 0.25) is 0 Å². The highest BCUT2D eigenvalue weighted by Crippen LogP contribution is 2.42. The number of aromatic hydroxyl groups is 2. The second kappa shape index (κ2) is 12.5. The predicted octanol–water partition coefficient (Wildman–Crippen LogP) is 1.77. The minimum absolute atomic E-state index is 0.00333. The highest BCUT2D eigenvalue weighted by atomic mass is 32.2. The van der Waals surface area contributed by atoms with Gasteiger partial charge in [0.2, 0.25) is 5.60 Å². The summed E-state index contributed by atoms with van der Waals surface area (Å²) < 4.78 is 0.518. The lowest BCUT2D eigenvalue weighted by atomic mass is 10.0. The van der Waals surface area contributed by atoms with Crippen LogP contribution >= 0.6 is 46.2 Å². The summed E-state index contributed by atoms with van der Waals surface area (Å²) in [4.78, 5) is 60.4. The van der Waals surface area contributed by atoms with Crippen molar-refractivity contribution >= 4 is 80.8 Å². The third kappa shape index (κ3) is 6.53. The van der Waals surface area contributed by atoms with Crippen LogP contribution in [-0.4, -0.2) is 98.5 Å². The smallest absolute Gasteiger partial charge is 0.352 e. The maximum absolute atomic E-state index is 13.2. The summed E-state index contributed by atoms with van der Waals surface area (Å²) in [5.41, 5.74) is 4.32. The number of oxime groups is 1. The molecule has 2 amide bonds. The molecular weight excluding hydrogens is 671 g/mol. The first-order valence-corrected chi connectivity index (χ1v) is 16.4. The van der Waals surface area contributed by atoms with Gasteiger partial charge in [-0.05, 0) is 37.6 Å². The van der Waals surface area contributed by atoms with Crippen molar-refractivity contribution in [2.75, 3.05) is 17.2 Å². The first-order chi connectivity index (χ1) is 21.3. The number of carboxylic acid groups (broad SMARTS) is 2. The van der Waals surface area contributed by atoms with Crippen LogP contribution in [0.4, 0.5) is 5.13 Å². The van der Waals surface area contributed by atoms with Crippen LogP contribution < -0.4 is 11.1 Å². The molecule has 2 aliphatic rings.